The number of hydrogen-bond donors (Lipinski definition) is 0. The molecule has 0 bridgehead atoms. The predicted octanol–water partition coefficient (Wildman–Crippen LogP) is 3.30. The van der Waals surface area contributed by atoms with Gasteiger partial charge in [0.15, 0.2) is 5.78 Å². The SMILES string of the molecule is CCn1cc(C(=O)C2CCC(C)(C)CC2)cn1. The second-order valence-corrected chi connectivity index (χ2v) is 5.89. The van der Waals surface area contributed by atoms with Crippen LogP contribution >= 0.6 is 0 Å². The van der Waals surface area contributed by atoms with Gasteiger partial charge in [0, 0.05) is 18.7 Å². The fraction of sp³-hybridized carbons (Fsp3) is 0.714. The molecule has 0 aromatic carbocycles. The number of aromatic nitrogens is 2. The highest BCUT2D eigenvalue weighted by Crippen LogP contribution is 2.39. The van der Waals surface area contributed by atoms with Crippen LogP contribution in [0.1, 0.15) is 56.8 Å². The smallest absolute Gasteiger partial charge is 0.169 e. The molecule has 1 fully saturated rings. The summed E-state index contributed by atoms with van der Waals surface area (Å²) in [5.41, 5.74) is 1.21. The number of hydrogen-bond acceptors (Lipinski definition) is 2. The van der Waals surface area contributed by atoms with Gasteiger partial charge in [0.25, 0.3) is 0 Å². The summed E-state index contributed by atoms with van der Waals surface area (Å²) >= 11 is 0. The molecule has 0 amide bonds. The number of nitrogens with zero attached hydrogens (tertiary/aromatic N) is 2. The summed E-state index contributed by atoms with van der Waals surface area (Å²) in [7, 11) is 0. The van der Waals surface area contributed by atoms with Gasteiger partial charge in [-0.05, 0) is 38.0 Å². The Morgan fingerprint density at radius 2 is 2.12 bits per heavy atom. The molecule has 0 aliphatic heterocycles. The number of carbonyl (C=O) groups is 1. The summed E-state index contributed by atoms with van der Waals surface area (Å²) in [6, 6.07) is 0. The Labute approximate surface area is 103 Å². The fourth-order valence-electron chi connectivity index (χ4n) is 2.56. The molecule has 0 spiro atoms. The average molecular weight is 234 g/mol. The maximum atomic E-state index is 12.3. The first kappa shape index (κ1) is 12.3. The van der Waals surface area contributed by atoms with E-state index in [4.69, 9.17) is 0 Å². The van der Waals surface area contributed by atoms with E-state index in [1.807, 2.05) is 17.8 Å². The molecule has 0 N–H and O–H groups in total. The van der Waals surface area contributed by atoms with Crippen molar-refractivity contribution in [3.8, 4) is 0 Å². The van der Waals surface area contributed by atoms with Crippen LogP contribution in [0.5, 0.6) is 0 Å². The van der Waals surface area contributed by atoms with Crippen LogP contribution < -0.4 is 0 Å². The third-order valence-electron chi connectivity index (χ3n) is 3.95. The minimum Gasteiger partial charge on any atom is -0.294 e. The Morgan fingerprint density at radius 3 is 2.65 bits per heavy atom. The van der Waals surface area contributed by atoms with Gasteiger partial charge in [-0.25, -0.2) is 0 Å². The first-order valence-electron chi connectivity index (χ1n) is 6.58. The molecule has 2 rings (SSSR count). The number of rotatable bonds is 3. The second kappa shape index (κ2) is 4.63. The van der Waals surface area contributed by atoms with Gasteiger partial charge in [0.2, 0.25) is 0 Å². The maximum absolute atomic E-state index is 12.3. The molecule has 1 aliphatic rings. The highest BCUT2D eigenvalue weighted by atomic mass is 16.1. The van der Waals surface area contributed by atoms with Crippen LogP contribution in [0.15, 0.2) is 12.4 Å². The molecule has 17 heavy (non-hydrogen) atoms. The quantitative estimate of drug-likeness (QED) is 0.752. The minimum atomic E-state index is 0.220. The van der Waals surface area contributed by atoms with Gasteiger partial charge in [-0.3, -0.25) is 9.48 Å². The van der Waals surface area contributed by atoms with Crippen molar-refractivity contribution in [3.05, 3.63) is 18.0 Å². The molecule has 0 atom stereocenters. The number of carbonyl (C=O) groups excluding carboxylic acids is 1. The van der Waals surface area contributed by atoms with Crippen molar-refractivity contribution in [3.63, 3.8) is 0 Å². The standard InChI is InChI=1S/C14H22N2O/c1-4-16-10-12(9-15-16)13(17)11-5-7-14(2,3)8-6-11/h9-11H,4-8H2,1-3H3. The summed E-state index contributed by atoms with van der Waals surface area (Å²) < 4.78 is 1.82. The van der Waals surface area contributed by atoms with Crippen molar-refractivity contribution in [2.75, 3.05) is 0 Å². The van der Waals surface area contributed by atoms with Crippen LogP contribution in [0, 0.1) is 11.3 Å². The minimum absolute atomic E-state index is 0.220. The zero-order chi connectivity index (χ0) is 12.5. The van der Waals surface area contributed by atoms with Gasteiger partial charge in [-0.1, -0.05) is 13.8 Å². The van der Waals surface area contributed by atoms with Gasteiger partial charge in [0.1, 0.15) is 0 Å². The molecule has 1 aromatic rings. The lowest BCUT2D eigenvalue weighted by atomic mass is 9.71. The number of ketones is 1. The van der Waals surface area contributed by atoms with E-state index >= 15 is 0 Å². The summed E-state index contributed by atoms with van der Waals surface area (Å²) in [4.78, 5) is 12.3. The Balaban J connectivity index is 2.01. The monoisotopic (exact) mass is 234 g/mol. The molecule has 1 heterocycles. The molecule has 0 radical (unpaired) electrons. The van der Waals surface area contributed by atoms with Gasteiger partial charge >= 0.3 is 0 Å². The second-order valence-electron chi connectivity index (χ2n) is 5.89. The van der Waals surface area contributed by atoms with Gasteiger partial charge in [-0.15, -0.1) is 0 Å². The van der Waals surface area contributed by atoms with E-state index in [2.05, 4.69) is 18.9 Å². The van der Waals surface area contributed by atoms with Crippen molar-refractivity contribution >= 4 is 5.78 Å². The first-order valence-corrected chi connectivity index (χ1v) is 6.58. The molecule has 3 heteroatoms. The van der Waals surface area contributed by atoms with Gasteiger partial charge < -0.3 is 0 Å². The number of aryl methyl sites for hydroxylation is 1. The van der Waals surface area contributed by atoms with E-state index in [0.29, 0.717) is 11.2 Å². The summed E-state index contributed by atoms with van der Waals surface area (Å²) in [6.45, 7) is 7.45. The third kappa shape index (κ3) is 2.76. The van der Waals surface area contributed by atoms with E-state index in [-0.39, 0.29) is 5.92 Å². The van der Waals surface area contributed by atoms with Gasteiger partial charge in [0.05, 0.1) is 11.8 Å². The van der Waals surface area contributed by atoms with Crippen molar-refractivity contribution in [2.24, 2.45) is 11.3 Å². The normalized spacial score (nSPS) is 20.4. The van der Waals surface area contributed by atoms with E-state index < -0.39 is 0 Å². The largest absolute Gasteiger partial charge is 0.294 e. The highest BCUT2D eigenvalue weighted by Gasteiger charge is 2.31. The predicted molar refractivity (Wildman–Crippen MR) is 68.0 cm³/mol. The Morgan fingerprint density at radius 1 is 1.47 bits per heavy atom. The number of Topliss-reactive ketones (excluding diaryl/α,β-unsaturated/α-hetero) is 1. The summed E-state index contributed by atoms with van der Waals surface area (Å²) in [6.07, 6.45) is 7.97. The van der Waals surface area contributed by atoms with Crippen molar-refractivity contribution in [1.29, 1.82) is 0 Å². The van der Waals surface area contributed by atoms with Gasteiger partial charge in [-0.2, -0.15) is 5.10 Å². The van der Waals surface area contributed by atoms with Crippen molar-refractivity contribution in [2.45, 2.75) is 53.0 Å². The summed E-state index contributed by atoms with van der Waals surface area (Å²) in [5.74, 6) is 0.512. The third-order valence-corrected chi connectivity index (χ3v) is 3.95. The van der Waals surface area contributed by atoms with Crippen molar-refractivity contribution in [1.82, 2.24) is 9.78 Å². The van der Waals surface area contributed by atoms with Crippen LogP contribution in [0.25, 0.3) is 0 Å². The zero-order valence-corrected chi connectivity index (χ0v) is 11.1. The van der Waals surface area contributed by atoms with Crippen LogP contribution in [0.2, 0.25) is 0 Å². The van der Waals surface area contributed by atoms with Crippen molar-refractivity contribution < 1.29 is 4.79 Å². The van der Waals surface area contributed by atoms with Crippen LogP contribution in [-0.4, -0.2) is 15.6 Å². The average Bonchev–Trinajstić information content (AvgIpc) is 2.76. The first-order chi connectivity index (χ1) is 8.02. The molecule has 0 unspecified atom stereocenters. The van der Waals surface area contributed by atoms with E-state index in [1.54, 1.807) is 6.20 Å². The molecular formula is C14H22N2O. The molecule has 94 valence electrons. The molecule has 1 saturated carbocycles. The van der Waals surface area contributed by atoms with Crippen LogP contribution in [0.3, 0.4) is 0 Å². The van der Waals surface area contributed by atoms with E-state index in [1.165, 1.54) is 0 Å². The Hall–Kier alpha value is -1.12. The highest BCUT2D eigenvalue weighted by molar-refractivity contribution is 5.97. The molecular weight excluding hydrogens is 212 g/mol. The van der Waals surface area contributed by atoms with Crippen LogP contribution in [0.4, 0.5) is 0 Å². The van der Waals surface area contributed by atoms with E-state index in [0.717, 1.165) is 37.8 Å². The molecule has 1 aliphatic carbocycles. The summed E-state index contributed by atoms with van der Waals surface area (Å²) in [5, 5.41) is 4.18. The lowest BCUT2D eigenvalue weighted by Crippen LogP contribution is -2.26. The Kier molecular flexibility index (Phi) is 3.36. The maximum Gasteiger partial charge on any atom is 0.169 e. The Bertz CT molecular complexity index is 396. The van der Waals surface area contributed by atoms with Crippen LogP contribution in [-0.2, 0) is 6.54 Å². The van der Waals surface area contributed by atoms with E-state index in [9.17, 15) is 4.79 Å². The lowest BCUT2D eigenvalue weighted by Gasteiger charge is -2.33. The molecule has 3 nitrogen and oxygen atoms in total. The lowest BCUT2D eigenvalue weighted by molar-refractivity contribution is 0.0838. The molecule has 0 saturated heterocycles. The fourth-order valence-corrected chi connectivity index (χ4v) is 2.56. The topological polar surface area (TPSA) is 34.9 Å². The molecule has 1 aromatic heterocycles. The zero-order valence-electron chi connectivity index (χ0n) is 11.1.